The SMILES string of the molecule is Cc1cccc(NC(=O)Nc2ccccc2I)c1C(=O)O. The second kappa shape index (κ2) is 6.57. The van der Waals surface area contributed by atoms with E-state index in [4.69, 9.17) is 0 Å². The molecule has 0 unspecified atom stereocenters. The van der Waals surface area contributed by atoms with Crippen LogP contribution in [0.3, 0.4) is 0 Å². The van der Waals surface area contributed by atoms with Crippen LogP contribution in [0.5, 0.6) is 0 Å². The molecule has 2 aromatic rings. The first-order valence-corrected chi connectivity index (χ1v) is 7.22. The van der Waals surface area contributed by atoms with Crippen LogP contribution >= 0.6 is 22.6 Å². The fourth-order valence-corrected chi connectivity index (χ4v) is 2.42. The van der Waals surface area contributed by atoms with Gasteiger partial charge in [-0.05, 0) is 53.3 Å². The van der Waals surface area contributed by atoms with Gasteiger partial charge in [0.2, 0.25) is 0 Å². The Morgan fingerprint density at radius 2 is 1.62 bits per heavy atom. The maximum Gasteiger partial charge on any atom is 0.338 e. The van der Waals surface area contributed by atoms with Crippen molar-refractivity contribution in [3.05, 3.63) is 57.2 Å². The Morgan fingerprint density at radius 3 is 2.29 bits per heavy atom. The van der Waals surface area contributed by atoms with E-state index >= 15 is 0 Å². The lowest BCUT2D eigenvalue weighted by Crippen LogP contribution is -2.21. The normalized spacial score (nSPS) is 10.0. The molecular weight excluding hydrogens is 383 g/mol. The number of aryl methyl sites for hydroxylation is 1. The van der Waals surface area contributed by atoms with Crippen molar-refractivity contribution in [2.75, 3.05) is 10.6 Å². The van der Waals surface area contributed by atoms with Crippen molar-refractivity contribution in [3.8, 4) is 0 Å². The van der Waals surface area contributed by atoms with E-state index in [1.807, 2.05) is 18.2 Å². The molecule has 0 aromatic heterocycles. The minimum atomic E-state index is -1.07. The maximum absolute atomic E-state index is 12.0. The predicted molar refractivity (Wildman–Crippen MR) is 89.9 cm³/mol. The van der Waals surface area contributed by atoms with Crippen LogP contribution in [0.4, 0.5) is 16.2 Å². The molecule has 108 valence electrons. The lowest BCUT2D eigenvalue weighted by Gasteiger charge is -2.12. The molecule has 0 radical (unpaired) electrons. The molecule has 0 fully saturated rings. The first kappa shape index (κ1) is 15.3. The van der Waals surface area contributed by atoms with Gasteiger partial charge in [0.25, 0.3) is 0 Å². The highest BCUT2D eigenvalue weighted by Crippen LogP contribution is 2.21. The highest BCUT2D eigenvalue weighted by atomic mass is 127. The molecule has 0 aliphatic rings. The summed E-state index contributed by atoms with van der Waals surface area (Å²) in [7, 11) is 0. The second-order valence-corrected chi connectivity index (χ2v) is 5.52. The standard InChI is InChI=1S/C15H13IN2O3/c1-9-5-4-8-12(13(9)14(19)20)18-15(21)17-11-7-3-2-6-10(11)16/h2-8H,1H3,(H,19,20)(H2,17,18,21). The van der Waals surface area contributed by atoms with Gasteiger partial charge in [-0.2, -0.15) is 0 Å². The Bertz CT molecular complexity index is 701. The van der Waals surface area contributed by atoms with Crippen molar-refractivity contribution < 1.29 is 14.7 Å². The topological polar surface area (TPSA) is 78.4 Å². The average Bonchev–Trinajstić information content (AvgIpc) is 2.41. The van der Waals surface area contributed by atoms with E-state index < -0.39 is 12.0 Å². The Kier molecular flexibility index (Phi) is 4.79. The molecule has 0 saturated heterocycles. The molecule has 0 atom stereocenters. The van der Waals surface area contributed by atoms with Gasteiger partial charge in [-0.1, -0.05) is 24.3 Å². The third kappa shape index (κ3) is 3.72. The fraction of sp³-hybridized carbons (Fsp3) is 0.0667. The van der Waals surface area contributed by atoms with Crippen LogP contribution in [0, 0.1) is 10.5 Å². The van der Waals surface area contributed by atoms with Gasteiger partial charge in [-0.25, -0.2) is 9.59 Å². The van der Waals surface area contributed by atoms with Gasteiger partial charge in [-0.15, -0.1) is 0 Å². The second-order valence-electron chi connectivity index (χ2n) is 4.36. The number of carboxylic acids is 1. The van der Waals surface area contributed by atoms with Crippen LogP contribution in [-0.2, 0) is 0 Å². The molecule has 0 spiro atoms. The molecule has 3 N–H and O–H groups in total. The molecule has 0 aliphatic carbocycles. The van der Waals surface area contributed by atoms with E-state index in [0.717, 1.165) is 3.57 Å². The number of anilines is 2. The van der Waals surface area contributed by atoms with E-state index in [1.54, 1.807) is 31.2 Å². The molecule has 21 heavy (non-hydrogen) atoms. The summed E-state index contributed by atoms with van der Waals surface area (Å²) in [5.41, 5.74) is 1.62. The first-order chi connectivity index (χ1) is 9.99. The van der Waals surface area contributed by atoms with Crippen LogP contribution in [-0.4, -0.2) is 17.1 Å². The van der Waals surface area contributed by atoms with E-state index in [2.05, 4.69) is 33.2 Å². The molecule has 2 amide bonds. The van der Waals surface area contributed by atoms with Crippen molar-refractivity contribution in [2.24, 2.45) is 0 Å². The van der Waals surface area contributed by atoms with Gasteiger partial charge in [-0.3, -0.25) is 0 Å². The summed E-state index contributed by atoms with van der Waals surface area (Å²) in [6.07, 6.45) is 0. The lowest BCUT2D eigenvalue weighted by atomic mass is 10.1. The van der Waals surface area contributed by atoms with E-state index in [-0.39, 0.29) is 11.3 Å². The van der Waals surface area contributed by atoms with Crippen molar-refractivity contribution in [3.63, 3.8) is 0 Å². The van der Waals surface area contributed by atoms with Gasteiger partial charge in [0.15, 0.2) is 0 Å². The number of rotatable bonds is 3. The maximum atomic E-state index is 12.0. The molecule has 5 nitrogen and oxygen atoms in total. The highest BCUT2D eigenvalue weighted by Gasteiger charge is 2.15. The number of benzene rings is 2. The molecule has 2 aromatic carbocycles. The number of halogens is 1. The number of nitrogens with one attached hydrogen (secondary N) is 2. The largest absolute Gasteiger partial charge is 0.478 e. The number of aromatic carboxylic acids is 1. The number of hydrogen-bond donors (Lipinski definition) is 3. The minimum absolute atomic E-state index is 0.0930. The Balaban J connectivity index is 2.19. The first-order valence-electron chi connectivity index (χ1n) is 6.14. The Morgan fingerprint density at radius 1 is 1.00 bits per heavy atom. The number of carbonyl (C=O) groups is 2. The summed E-state index contributed by atoms with van der Waals surface area (Å²) in [6.45, 7) is 1.69. The number of carbonyl (C=O) groups excluding carboxylic acids is 1. The molecule has 6 heteroatoms. The highest BCUT2D eigenvalue weighted by molar-refractivity contribution is 14.1. The van der Waals surface area contributed by atoms with Crippen molar-refractivity contribution in [1.29, 1.82) is 0 Å². The number of urea groups is 1. The zero-order chi connectivity index (χ0) is 15.4. The molecule has 0 heterocycles. The molecular formula is C15H13IN2O3. The summed E-state index contributed by atoms with van der Waals surface area (Å²) < 4.78 is 0.896. The number of hydrogen-bond acceptors (Lipinski definition) is 2. The molecule has 2 rings (SSSR count). The third-order valence-electron chi connectivity index (χ3n) is 2.86. The van der Waals surface area contributed by atoms with E-state index in [1.165, 1.54) is 0 Å². The van der Waals surface area contributed by atoms with Gasteiger partial charge >= 0.3 is 12.0 Å². The summed E-state index contributed by atoms with van der Waals surface area (Å²) >= 11 is 2.11. The van der Waals surface area contributed by atoms with Crippen molar-refractivity contribution in [2.45, 2.75) is 6.92 Å². The van der Waals surface area contributed by atoms with Crippen LogP contribution in [0.2, 0.25) is 0 Å². The minimum Gasteiger partial charge on any atom is -0.478 e. The zero-order valence-electron chi connectivity index (χ0n) is 11.2. The smallest absolute Gasteiger partial charge is 0.338 e. The summed E-state index contributed by atoms with van der Waals surface area (Å²) in [5.74, 6) is -1.07. The van der Waals surface area contributed by atoms with Gasteiger partial charge in [0.1, 0.15) is 0 Å². The molecule has 0 aliphatic heterocycles. The number of carboxylic acid groups (broad SMARTS) is 1. The molecule has 0 bridgehead atoms. The van der Waals surface area contributed by atoms with Crippen molar-refractivity contribution in [1.82, 2.24) is 0 Å². The number of para-hydroxylation sites is 1. The monoisotopic (exact) mass is 396 g/mol. The predicted octanol–water partition coefficient (Wildman–Crippen LogP) is 3.94. The Labute approximate surface area is 135 Å². The zero-order valence-corrected chi connectivity index (χ0v) is 13.3. The average molecular weight is 396 g/mol. The van der Waals surface area contributed by atoms with Crippen LogP contribution in [0.1, 0.15) is 15.9 Å². The van der Waals surface area contributed by atoms with E-state index in [0.29, 0.717) is 11.3 Å². The summed E-state index contributed by atoms with van der Waals surface area (Å²) in [5, 5.41) is 14.5. The van der Waals surface area contributed by atoms with Crippen LogP contribution in [0.25, 0.3) is 0 Å². The van der Waals surface area contributed by atoms with Gasteiger partial charge in [0.05, 0.1) is 16.9 Å². The van der Waals surface area contributed by atoms with Crippen LogP contribution < -0.4 is 10.6 Å². The van der Waals surface area contributed by atoms with Gasteiger partial charge in [0, 0.05) is 3.57 Å². The Hall–Kier alpha value is -2.09. The van der Waals surface area contributed by atoms with Crippen LogP contribution in [0.15, 0.2) is 42.5 Å². The molecule has 0 saturated carbocycles. The van der Waals surface area contributed by atoms with Crippen molar-refractivity contribution >= 4 is 46.0 Å². The lowest BCUT2D eigenvalue weighted by molar-refractivity contribution is 0.0697. The summed E-state index contributed by atoms with van der Waals surface area (Å²) in [4.78, 5) is 23.3. The summed E-state index contributed by atoms with van der Waals surface area (Å²) in [6, 6.07) is 11.8. The van der Waals surface area contributed by atoms with E-state index in [9.17, 15) is 14.7 Å². The number of amides is 2. The quantitative estimate of drug-likeness (QED) is 0.688. The third-order valence-corrected chi connectivity index (χ3v) is 3.80. The van der Waals surface area contributed by atoms with Gasteiger partial charge < -0.3 is 15.7 Å². The fourth-order valence-electron chi connectivity index (χ4n) is 1.89.